The lowest BCUT2D eigenvalue weighted by Crippen LogP contribution is -2.40. The summed E-state index contributed by atoms with van der Waals surface area (Å²) in [5, 5.41) is 9.64. The van der Waals surface area contributed by atoms with Crippen molar-refractivity contribution in [2.24, 2.45) is 7.05 Å². The number of aryl methyl sites for hydroxylation is 1. The van der Waals surface area contributed by atoms with Gasteiger partial charge < -0.3 is 23.9 Å². The maximum atomic E-state index is 12.7. The van der Waals surface area contributed by atoms with E-state index in [4.69, 9.17) is 4.74 Å². The number of rotatable bonds is 4. The summed E-state index contributed by atoms with van der Waals surface area (Å²) in [5.41, 5.74) is 0.467. The van der Waals surface area contributed by atoms with Crippen molar-refractivity contribution in [3.63, 3.8) is 0 Å². The highest BCUT2D eigenvalue weighted by atomic mass is 19.4. The number of benzene rings is 1. The third-order valence-electron chi connectivity index (χ3n) is 5.48. The van der Waals surface area contributed by atoms with Crippen LogP contribution >= 0.6 is 0 Å². The van der Waals surface area contributed by atoms with Crippen molar-refractivity contribution in [2.75, 3.05) is 18.0 Å². The third kappa shape index (κ3) is 4.64. The smallest absolute Gasteiger partial charge is 0.490 e. The van der Waals surface area contributed by atoms with Crippen LogP contribution in [0.15, 0.2) is 46.0 Å². The van der Waals surface area contributed by atoms with Crippen LogP contribution in [0.5, 0.6) is 11.5 Å². The molecule has 0 radical (unpaired) electrons. The second-order valence-corrected chi connectivity index (χ2v) is 7.61. The first kappa shape index (κ1) is 22.3. The number of nitriles is 1. The molecule has 33 heavy (non-hydrogen) atoms. The zero-order valence-electron chi connectivity index (χ0n) is 17.5. The number of aromatic nitrogens is 2. The van der Waals surface area contributed by atoms with Crippen LogP contribution in [0.4, 0.5) is 18.9 Å². The molecule has 1 aliphatic heterocycles. The molecule has 3 heterocycles. The molecule has 1 N–H and O–H groups in total. The van der Waals surface area contributed by atoms with E-state index in [0.717, 1.165) is 0 Å². The lowest BCUT2D eigenvalue weighted by atomic mass is 10.0. The number of aromatic amines is 1. The maximum Gasteiger partial charge on any atom is 0.573 e. The molecule has 1 aliphatic rings. The number of H-pyrrole nitrogens is 1. The Hall–Kier alpha value is -3.94. The zero-order valence-corrected chi connectivity index (χ0v) is 17.5. The molecule has 0 unspecified atom stereocenters. The topological polar surface area (TPSA) is 100 Å². The quantitative estimate of drug-likeness (QED) is 0.643. The summed E-state index contributed by atoms with van der Waals surface area (Å²) in [7, 11) is 1.54. The number of pyridine rings is 2. The first-order chi connectivity index (χ1) is 15.7. The molecule has 1 aromatic carbocycles. The van der Waals surface area contributed by atoms with Gasteiger partial charge in [-0.1, -0.05) is 0 Å². The standard InChI is InChI=1S/C22H19F3N4O4/c1-28-17-6-7-18(30)27-19(17)20(16(12-26)21(28)31)29-10-8-14(9-11-29)32-13-2-4-15(5-3-13)33-22(23,24)25/h2-7,14H,8-11H2,1H3,(H,27,30). The number of halogens is 3. The summed E-state index contributed by atoms with van der Waals surface area (Å²) in [6, 6.07) is 10.00. The molecule has 172 valence electrons. The Kier molecular flexibility index (Phi) is 5.76. The van der Waals surface area contributed by atoms with E-state index in [1.807, 2.05) is 11.0 Å². The van der Waals surface area contributed by atoms with Crippen LogP contribution in [0.3, 0.4) is 0 Å². The van der Waals surface area contributed by atoms with E-state index in [-0.39, 0.29) is 23.0 Å². The van der Waals surface area contributed by atoms with E-state index in [1.54, 1.807) is 13.1 Å². The predicted molar refractivity (Wildman–Crippen MR) is 114 cm³/mol. The van der Waals surface area contributed by atoms with E-state index in [2.05, 4.69) is 9.72 Å². The van der Waals surface area contributed by atoms with Gasteiger partial charge in [0.1, 0.15) is 29.2 Å². The maximum absolute atomic E-state index is 12.7. The number of nitrogens with one attached hydrogen (secondary N) is 1. The van der Waals surface area contributed by atoms with Crippen molar-refractivity contribution in [1.82, 2.24) is 9.55 Å². The van der Waals surface area contributed by atoms with Crippen molar-refractivity contribution in [1.29, 1.82) is 5.26 Å². The largest absolute Gasteiger partial charge is 0.573 e. The second-order valence-electron chi connectivity index (χ2n) is 7.61. The number of fused-ring (bicyclic) bond motifs is 1. The Bertz CT molecular complexity index is 1330. The van der Waals surface area contributed by atoms with Gasteiger partial charge >= 0.3 is 6.36 Å². The molecule has 2 aromatic heterocycles. The highest BCUT2D eigenvalue weighted by molar-refractivity contribution is 5.91. The molecule has 0 aliphatic carbocycles. The summed E-state index contributed by atoms with van der Waals surface area (Å²) >= 11 is 0. The van der Waals surface area contributed by atoms with E-state index in [0.29, 0.717) is 48.4 Å². The van der Waals surface area contributed by atoms with E-state index < -0.39 is 11.9 Å². The van der Waals surface area contributed by atoms with Crippen LogP contribution in [0, 0.1) is 11.3 Å². The monoisotopic (exact) mass is 460 g/mol. The highest BCUT2D eigenvalue weighted by Gasteiger charge is 2.31. The van der Waals surface area contributed by atoms with Gasteiger partial charge in [0.05, 0.1) is 16.7 Å². The van der Waals surface area contributed by atoms with Crippen LogP contribution in [-0.4, -0.2) is 35.1 Å². The molecule has 0 atom stereocenters. The highest BCUT2D eigenvalue weighted by Crippen LogP contribution is 2.30. The normalized spacial score (nSPS) is 14.8. The van der Waals surface area contributed by atoms with Crippen LogP contribution in [0.1, 0.15) is 18.4 Å². The second kappa shape index (κ2) is 8.54. The van der Waals surface area contributed by atoms with Gasteiger partial charge in [0.25, 0.3) is 5.56 Å². The molecule has 3 aromatic rings. The van der Waals surface area contributed by atoms with E-state index in [9.17, 15) is 28.0 Å². The number of hydrogen-bond donors (Lipinski definition) is 1. The van der Waals surface area contributed by atoms with Gasteiger partial charge in [0, 0.05) is 39.0 Å². The van der Waals surface area contributed by atoms with Crippen LogP contribution in [0.25, 0.3) is 11.0 Å². The number of hydrogen-bond acceptors (Lipinski definition) is 6. The van der Waals surface area contributed by atoms with Crippen LogP contribution in [-0.2, 0) is 7.05 Å². The van der Waals surface area contributed by atoms with Crippen LogP contribution < -0.4 is 25.5 Å². The Morgan fingerprint density at radius 3 is 2.30 bits per heavy atom. The Labute approximate surface area is 185 Å². The molecule has 0 amide bonds. The minimum Gasteiger partial charge on any atom is -0.490 e. The predicted octanol–water partition coefficient (Wildman–Crippen LogP) is 3.04. The van der Waals surface area contributed by atoms with Gasteiger partial charge in [-0.2, -0.15) is 5.26 Å². The Balaban J connectivity index is 1.52. The minimum atomic E-state index is -4.76. The molecule has 0 saturated carbocycles. The van der Waals surface area contributed by atoms with Gasteiger partial charge in [-0.25, -0.2) is 0 Å². The first-order valence-corrected chi connectivity index (χ1v) is 10.1. The SMILES string of the molecule is Cn1c(=O)c(C#N)c(N2CCC(Oc3ccc(OC(F)(F)F)cc3)CC2)c2[nH]c(=O)ccc21. The molecule has 8 nitrogen and oxygen atoms in total. The molecule has 0 spiro atoms. The number of anilines is 1. The third-order valence-corrected chi connectivity index (χ3v) is 5.48. The molecular formula is C22H19F3N4O4. The number of ether oxygens (including phenoxy) is 2. The summed E-state index contributed by atoms with van der Waals surface area (Å²) in [6.45, 7) is 0.904. The molecule has 1 fully saturated rings. The van der Waals surface area contributed by atoms with Gasteiger partial charge in [-0.3, -0.25) is 9.59 Å². The zero-order chi connectivity index (χ0) is 23.8. The van der Waals surface area contributed by atoms with Crippen molar-refractivity contribution >= 4 is 16.7 Å². The summed E-state index contributed by atoms with van der Waals surface area (Å²) in [6.07, 6.45) is -3.89. The minimum absolute atomic E-state index is 0.0496. The number of piperidine rings is 1. The lowest BCUT2D eigenvalue weighted by Gasteiger charge is -2.34. The van der Waals surface area contributed by atoms with Gasteiger partial charge in [0.15, 0.2) is 0 Å². The molecule has 1 saturated heterocycles. The average Bonchev–Trinajstić information content (AvgIpc) is 2.77. The average molecular weight is 460 g/mol. The summed E-state index contributed by atoms with van der Waals surface area (Å²) < 4.78 is 47.9. The van der Waals surface area contributed by atoms with Gasteiger partial charge in [-0.15, -0.1) is 13.2 Å². The first-order valence-electron chi connectivity index (χ1n) is 10.1. The number of nitrogens with zero attached hydrogens (tertiary/aromatic N) is 3. The fourth-order valence-electron chi connectivity index (χ4n) is 3.96. The van der Waals surface area contributed by atoms with E-state index >= 15 is 0 Å². The van der Waals surface area contributed by atoms with E-state index in [1.165, 1.54) is 34.9 Å². The van der Waals surface area contributed by atoms with Crippen molar-refractivity contribution in [3.05, 3.63) is 62.7 Å². The Morgan fingerprint density at radius 1 is 1.06 bits per heavy atom. The van der Waals surface area contributed by atoms with Crippen molar-refractivity contribution in [3.8, 4) is 17.6 Å². The molecular weight excluding hydrogens is 441 g/mol. The molecule has 11 heteroatoms. The van der Waals surface area contributed by atoms with Gasteiger partial charge in [-0.05, 0) is 30.3 Å². The fourth-order valence-corrected chi connectivity index (χ4v) is 3.96. The van der Waals surface area contributed by atoms with Gasteiger partial charge in [0.2, 0.25) is 5.56 Å². The Morgan fingerprint density at radius 2 is 1.70 bits per heavy atom. The molecule has 0 bridgehead atoms. The lowest BCUT2D eigenvalue weighted by molar-refractivity contribution is -0.274. The summed E-state index contributed by atoms with van der Waals surface area (Å²) in [5.74, 6) is 0.0734. The fraction of sp³-hybridized carbons (Fsp3) is 0.318. The van der Waals surface area contributed by atoms with Crippen LogP contribution in [0.2, 0.25) is 0 Å². The van der Waals surface area contributed by atoms with Crippen molar-refractivity contribution in [2.45, 2.75) is 25.3 Å². The summed E-state index contributed by atoms with van der Waals surface area (Å²) in [4.78, 5) is 29.2. The van der Waals surface area contributed by atoms with Crippen molar-refractivity contribution < 1.29 is 22.6 Å². The number of alkyl halides is 3. The molecule has 4 rings (SSSR count).